The molecule has 0 unspecified atom stereocenters. The Morgan fingerprint density at radius 2 is 1.75 bits per heavy atom. The van der Waals surface area contributed by atoms with Crippen LogP contribution in [0, 0.1) is 0 Å². The Labute approximate surface area is 390 Å². The molecule has 15 nitrogen and oxygen atoms in total. The van der Waals surface area contributed by atoms with Crippen molar-refractivity contribution in [2.24, 2.45) is 0 Å². The number of likely N-dealkylation sites (tertiary alicyclic amines) is 1. The van der Waals surface area contributed by atoms with Crippen LogP contribution in [0.5, 0.6) is 11.5 Å². The standard InChI is InChI=1S/C47H64N6O7.C2HF3O2/c1-34(2)40-13-11-38(30-49-40)46(57)52-25-28-60-47(33-52)18-22-51(23-19-47)31-36-8-6-7-35(29-36)16-26-58-27-17-43(56)53(39-9-4-3-5-10-39)24-21-48-20-15-37-12-14-41(54)44-45(37)59-32-42(55)50-44;3-2(4,5)1(6)7/h6-8,11-14,29-30,34,39,48,54H,3-5,9-10,15-28,31-33H2,1-2H3,(H,50,55);(H,6,7). The number of phenolic OH excluding ortho intramolecular Hbond substituents is 1. The van der Waals surface area contributed by atoms with Crippen LogP contribution in [-0.2, 0) is 43.2 Å². The molecular formula is C49H65F3N6O9. The summed E-state index contributed by atoms with van der Waals surface area (Å²) in [6.07, 6.45) is 5.86. The van der Waals surface area contributed by atoms with Gasteiger partial charge in [-0.05, 0) is 85.9 Å². The van der Waals surface area contributed by atoms with E-state index in [9.17, 15) is 32.7 Å². The van der Waals surface area contributed by atoms with Gasteiger partial charge in [0, 0.05) is 57.2 Å². The molecule has 18 heteroatoms. The maximum atomic E-state index is 13.6. The predicted molar refractivity (Wildman–Crippen MR) is 244 cm³/mol. The number of anilines is 1. The summed E-state index contributed by atoms with van der Waals surface area (Å²) in [6.45, 7) is 11.6. The van der Waals surface area contributed by atoms with Gasteiger partial charge in [0.25, 0.3) is 11.8 Å². The van der Waals surface area contributed by atoms with Gasteiger partial charge in [0.2, 0.25) is 5.91 Å². The molecule has 2 aromatic carbocycles. The molecule has 3 fully saturated rings. The number of morpholine rings is 1. The second-order valence-corrected chi connectivity index (χ2v) is 18.1. The highest BCUT2D eigenvalue weighted by Gasteiger charge is 2.41. The number of ether oxygens (including phenoxy) is 3. The van der Waals surface area contributed by atoms with Crippen molar-refractivity contribution in [2.75, 3.05) is 77.6 Å². The number of benzene rings is 2. The number of nitrogens with zero attached hydrogens (tertiary/aromatic N) is 4. The number of aromatic nitrogens is 1. The molecule has 3 amide bonds. The molecule has 4 aliphatic rings. The average molecular weight is 939 g/mol. The van der Waals surface area contributed by atoms with Crippen molar-refractivity contribution in [3.8, 4) is 11.5 Å². The van der Waals surface area contributed by atoms with Crippen molar-refractivity contribution >= 4 is 29.4 Å². The number of aromatic hydroxyl groups is 1. The quantitative estimate of drug-likeness (QED) is 0.0874. The Kier molecular flexibility index (Phi) is 18.4. The topological polar surface area (TPSA) is 183 Å². The van der Waals surface area contributed by atoms with E-state index in [2.05, 4.69) is 63.5 Å². The maximum absolute atomic E-state index is 13.6. The molecule has 1 aromatic heterocycles. The Morgan fingerprint density at radius 3 is 2.45 bits per heavy atom. The lowest BCUT2D eigenvalue weighted by atomic mass is 9.89. The number of carboxylic acids is 1. The van der Waals surface area contributed by atoms with Gasteiger partial charge in [-0.25, -0.2) is 4.79 Å². The summed E-state index contributed by atoms with van der Waals surface area (Å²) in [5, 5.41) is 23.5. The lowest BCUT2D eigenvalue weighted by Crippen LogP contribution is -2.57. The number of pyridine rings is 1. The second-order valence-electron chi connectivity index (χ2n) is 18.1. The third-order valence-corrected chi connectivity index (χ3v) is 12.8. The van der Waals surface area contributed by atoms with Crippen LogP contribution in [0.3, 0.4) is 0 Å². The number of carboxylic acid groups (broad SMARTS) is 1. The molecule has 0 radical (unpaired) electrons. The van der Waals surface area contributed by atoms with Crippen LogP contribution in [0.25, 0.3) is 0 Å². The molecule has 2 saturated heterocycles. The summed E-state index contributed by atoms with van der Waals surface area (Å²) >= 11 is 0. The van der Waals surface area contributed by atoms with E-state index in [0.717, 1.165) is 75.8 Å². The van der Waals surface area contributed by atoms with Gasteiger partial charge in [-0.3, -0.25) is 24.3 Å². The van der Waals surface area contributed by atoms with Crippen LogP contribution in [0.4, 0.5) is 18.9 Å². The molecule has 0 bridgehead atoms. The van der Waals surface area contributed by atoms with Gasteiger partial charge in [0.15, 0.2) is 12.4 Å². The van der Waals surface area contributed by atoms with Crippen molar-refractivity contribution in [3.05, 3.63) is 82.7 Å². The third-order valence-electron chi connectivity index (χ3n) is 12.8. The predicted octanol–water partition coefficient (Wildman–Crippen LogP) is 6.32. The van der Waals surface area contributed by atoms with Gasteiger partial charge in [0.05, 0.1) is 44.0 Å². The smallest absolute Gasteiger partial charge is 0.490 e. The normalized spacial score (nSPS) is 17.5. The largest absolute Gasteiger partial charge is 0.506 e. The van der Waals surface area contributed by atoms with E-state index in [-0.39, 0.29) is 41.7 Å². The molecule has 7 rings (SSSR count). The van der Waals surface area contributed by atoms with Crippen LogP contribution in [0.15, 0.2) is 54.7 Å². The number of carbonyl (C=O) groups is 4. The molecule has 1 spiro atoms. The monoisotopic (exact) mass is 938 g/mol. The third kappa shape index (κ3) is 14.8. The van der Waals surface area contributed by atoms with E-state index in [1.807, 2.05) is 23.1 Å². The first kappa shape index (κ1) is 51.1. The minimum atomic E-state index is -5.08. The van der Waals surface area contributed by atoms with Crippen LogP contribution in [-0.4, -0.2) is 144 Å². The number of aliphatic carboxylic acids is 1. The number of amides is 3. The minimum Gasteiger partial charge on any atom is -0.506 e. The average Bonchev–Trinajstić information content (AvgIpc) is 3.31. The molecular weight excluding hydrogens is 874 g/mol. The summed E-state index contributed by atoms with van der Waals surface area (Å²) in [6, 6.07) is 16.3. The van der Waals surface area contributed by atoms with Crippen LogP contribution in [0.2, 0.25) is 0 Å². The zero-order valence-electron chi connectivity index (χ0n) is 38.6. The van der Waals surface area contributed by atoms with Gasteiger partial charge in [-0.1, -0.05) is 63.4 Å². The molecule has 3 aliphatic heterocycles. The van der Waals surface area contributed by atoms with E-state index >= 15 is 0 Å². The summed E-state index contributed by atoms with van der Waals surface area (Å²) < 4.78 is 49.8. The number of halogens is 3. The number of carbonyl (C=O) groups excluding carboxylic acids is 3. The van der Waals surface area contributed by atoms with Gasteiger partial charge in [0.1, 0.15) is 11.4 Å². The summed E-state index contributed by atoms with van der Waals surface area (Å²) in [4.78, 5) is 58.6. The lowest BCUT2D eigenvalue weighted by Gasteiger charge is -2.47. The Morgan fingerprint density at radius 1 is 1.00 bits per heavy atom. The van der Waals surface area contributed by atoms with E-state index in [4.69, 9.17) is 24.1 Å². The van der Waals surface area contributed by atoms with Crippen molar-refractivity contribution in [3.63, 3.8) is 0 Å². The van der Waals surface area contributed by atoms with Crippen molar-refractivity contribution in [2.45, 2.75) is 108 Å². The summed E-state index contributed by atoms with van der Waals surface area (Å²) in [5.41, 5.74) is 5.09. The fourth-order valence-electron chi connectivity index (χ4n) is 9.09. The van der Waals surface area contributed by atoms with E-state index < -0.39 is 12.1 Å². The molecule has 67 heavy (non-hydrogen) atoms. The molecule has 0 atom stereocenters. The number of phenols is 1. The van der Waals surface area contributed by atoms with Gasteiger partial charge < -0.3 is 44.9 Å². The first-order valence-electron chi connectivity index (χ1n) is 23.5. The number of nitrogens with one attached hydrogen (secondary N) is 2. The molecule has 366 valence electrons. The molecule has 1 aliphatic carbocycles. The minimum absolute atomic E-state index is 0.00475. The summed E-state index contributed by atoms with van der Waals surface area (Å²) in [7, 11) is 0. The van der Waals surface area contributed by atoms with Gasteiger partial charge in [-0.2, -0.15) is 13.2 Å². The molecule has 4 heterocycles. The van der Waals surface area contributed by atoms with Crippen LogP contribution >= 0.6 is 0 Å². The molecule has 1 saturated carbocycles. The highest BCUT2D eigenvalue weighted by atomic mass is 19.4. The number of alkyl halides is 3. The molecule has 3 aromatic rings. The fraction of sp³-hybridized carbons (Fsp3) is 0.571. The Bertz CT molecular complexity index is 2130. The number of fused-ring (bicyclic) bond motifs is 1. The van der Waals surface area contributed by atoms with Crippen LogP contribution < -0.4 is 15.4 Å². The zero-order chi connectivity index (χ0) is 48.0. The highest BCUT2D eigenvalue weighted by molar-refractivity contribution is 5.97. The molecule has 4 N–H and O–H groups in total. The Hall–Kier alpha value is -5.30. The van der Waals surface area contributed by atoms with Crippen LogP contribution in [0.1, 0.15) is 104 Å². The summed E-state index contributed by atoms with van der Waals surface area (Å²) in [5.74, 6) is -2.00. The van der Waals surface area contributed by atoms with Gasteiger partial charge in [-0.15, -0.1) is 0 Å². The van der Waals surface area contributed by atoms with E-state index in [1.165, 1.54) is 17.5 Å². The highest BCUT2D eigenvalue weighted by Crippen LogP contribution is 2.39. The van der Waals surface area contributed by atoms with Crippen molar-refractivity contribution < 1.29 is 56.8 Å². The number of rotatable bonds is 17. The van der Waals surface area contributed by atoms with E-state index in [0.29, 0.717) is 88.3 Å². The number of piperidine rings is 1. The number of hydrogen-bond acceptors (Lipinski definition) is 11. The first-order chi connectivity index (χ1) is 32.1. The lowest BCUT2D eigenvalue weighted by molar-refractivity contribution is -0.192. The first-order valence-corrected chi connectivity index (χ1v) is 23.5. The van der Waals surface area contributed by atoms with Gasteiger partial charge >= 0.3 is 12.1 Å². The second kappa shape index (κ2) is 24.1. The maximum Gasteiger partial charge on any atom is 0.490 e. The van der Waals surface area contributed by atoms with E-state index in [1.54, 1.807) is 12.3 Å². The number of hydrogen-bond donors (Lipinski definition) is 4. The van der Waals surface area contributed by atoms with Crippen molar-refractivity contribution in [1.82, 2.24) is 25.0 Å². The van der Waals surface area contributed by atoms with Crippen molar-refractivity contribution in [1.29, 1.82) is 0 Å². The SMILES string of the molecule is CC(C)c1ccc(C(=O)N2CCOC3(CCN(Cc4cccc(CCOCCC(=O)N(CCNCCc5ccc(O)c6c5OCC(=O)N6)C5CCCCC5)c4)CC3)C2)cn1.O=C(O)C(F)(F)F. The zero-order valence-corrected chi connectivity index (χ0v) is 38.6. The Balaban J connectivity index is 0.000000980. The fourth-order valence-corrected chi connectivity index (χ4v) is 9.09.